The molecule has 1 nitrogen and oxygen atoms in total. The smallest absolute Gasteiger partial charge is 0.278 e. The van der Waals surface area contributed by atoms with Gasteiger partial charge in [0.2, 0.25) is 0 Å². The first kappa shape index (κ1) is 18.3. The van der Waals surface area contributed by atoms with E-state index in [1.807, 2.05) is 23.2 Å². The average Bonchev–Trinajstić information content (AvgIpc) is 2.67. The fourth-order valence-corrected chi connectivity index (χ4v) is 6.63. The van der Waals surface area contributed by atoms with Crippen LogP contribution in [0.25, 0.3) is 0 Å². The van der Waals surface area contributed by atoms with Gasteiger partial charge in [0, 0.05) is 17.1 Å². The minimum atomic E-state index is 0.384. The number of rotatable bonds is 2. The molecule has 0 aliphatic carbocycles. The highest BCUT2D eigenvalue weighted by Gasteiger charge is 2.42. The number of anilines is 3. The van der Waals surface area contributed by atoms with Crippen molar-refractivity contribution in [2.24, 2.45) is 0 Å². The molecule has 0 spiro atoms. The van der Waals surface area contributed by atoms with E-state index in [4.69, 9.17) is 0 Å². The topological polar surface area (TPSA) is 3.24 Å². The second-order valence-corrected chi connectivity index (χ2v) is 9.87. The summed E-state index contributed by atoms with van der Waals surface area (Å²) in [4.78, 5) is 2.53. The van der Waals surface area contributed by atoms with Crippen LogP contribution in [0.2, 0.25) is 0 Å². The highest BCUT2D eigenvalue weighted by atomic mass is 32.2. The summed E-state index contributed by atoms with van der Waals surface area (Å²) in [6, 6.07) is 18.7. The van der Waals surface area contributed by atoms with Gasteiger partial charge in [-0.05, 0) is 67.3 Å². The third kappa shape index (κ3) is 2.52. The average molecular weight is 399 g/mol. The summed E-state index contributed by atoms with van der Waals surface area (Å²) in [5, 5.41) is 0. The third-order valence-corrected chi connectivity index (χ3v) is 7.94. The van der Waals surface area contributed by atoms with E-state index < -0.39 is 0 Å². The van der Waals surface area contributed by atoms with Crippen LogP contribution in [0, 0.1) is 20.8 Å². The molecule has 0 aromatic heterocycles. The maximum absolute atomic E-state index is 2.53. The number of nitrogens with zero attached hydrogens (tertiary/aromatic N) is 1. The summed E-state index contributed by atoms with van der Waals surface area (Å²) in [6.07, 6.45) is 4.49. The molecule has 3 aromatic carbocycles. The van der Waals surface area contributed by atoms with Crippen molar-refractivity contribution in [2.45, 2.75) is 20.8 Å². The van der Waals surface area contributed by atoms with Gasteiger partial charge in [-0.1, -0.05) is 53.1 Å². The number of hydrogen-bond acceptors (Lipinski definition) is 3. The van der Waals surface area contributed by atoms with Gasteiger partial charge in [-0.25, -0.2) is 23.2 Å². The summed E-state index contributed by atoms with van der Waals surface area (Å²) >= 11 is 3.91. The van der Waals surface area contributed by atoms with Crippen LogP contribution in [0.1, 0.15) is 16.7 Å². The van der Waals surface area contributed by atoms with Gasteiger partial charge in [-0.15, -0.1) is 0 Å². The van der Waals surface area contributed by atoms with Gasteiger partial charge < -0.3 is 4.90 Å². The first-order valence-corrected chi connectivity index (χ1v) is 12.3. The third-order valence-electron chi connectivity index (χ3n) is 5.99. The van der Waals surface area contributed by atoms with Crippen LogP contribution in [-0.2, 0) is 0 Å². The molecule has 0 amide bonds. The molecule has 0 saturated heterocycles. The quantitative estimate of drug-likeness (QED) is 0.606. The van der Waals surface area contributed by atoms with Crippen molar-refractivity contribution < 1.29 is 0 Å². The Morgan fingerprint density at radius 2 is 1.04 bits per heavy atom. The Bertz CT molecular complexity index is 1030. The van der Waals surface area contributed by atoms with Gasteiger partial charge in [0.1, 0.15) is 0 Å². The fourth-order valence-electron chi connectivity index (χ4n) is 4.88. The van der Waals surface area contributed by atoms with Crippen LogP contribution in [0.3, 0.4) is 0 Å². The van der Waals surface area contributed by atoms with Crippen LogP contribution in [-0.4, -0.2) is 24.5 Å². The molecular formula is C23H23B2NS2. The maximum Gasteiger partial charge on any atom is 0.278 e. The van der Waals surface area contributed by atoms with E-state index in [0.29, 0.717) is 12.0 Å². The van der Waals surface area contributed by atoms with Crippen molar-refractivity contribution >= 4 is 74.1 Å². The highest BCUT2D eigenvalue weighted by Crippen LogP contribution is 2.39. The first-order valence-electron chi connectivity index (χ1n) is 9.74. The summed E-state index contributed by atoms with van der Waals surface area (Å²) < 4.78 is 0. The Kier molecular flexibility index (Phi) is 4.37. The van der Waals surface area contributed by atoms with Gasteiger partial charge >= 0.3 is 0 Å². The van der Waals surface area contributed by atoms with Crippen molar-refractivity contribution in [3.63, 3.8) is 0 Å². The Morgan fingerprint density at radius 1 is 0.607 bits per heavy atom. The predicted octanol–water partition coefficient (Wildman–Crippen LogP) is 3.65. The predicted molar refractivity (Wildman–Crippen MR) is 132 cm³/mol. The van der Waals surface area contributed by atoms with Gasteiger partial charge in [-0.2, -0.15) is 0 Å². The van der Waals surface area contributed by atoms with Gasteiger partial charge in [-0.3, -0.25) is 0 Å². The van der Waals surface area contributed by atoms with E-state index in [1.165, 1.54) is 55.6 Å². The largest absolute Gasteiger partial charge is 0.312 e. The lowest BCUT2D eigenvalue weighted by Crippen LogP contribution is -2.57. The van der Waals surface area contributed by atoms with Crippen LogP contribution in [0.15, 0.2) is 48.5 Å². The summed E-state index contributed by atoms with van der Waals surface area (Å²) in [5.41, 5.74) is 13.9. The highest BCUT2D eigenvalue weighted by molar-refractivity contribution is 8.28. The normalized spacial score (nSPS) is 14.0. The minimum Gasteiger partial charge on any atom is -0.312 e. The van der Waals surface area contributed by atoms with E-state index in [1.54, 1.807) is 0 Å². The molecule has 138 valence electrons. The molecule has 0 unspecified atom stereocenters. The summed E-state index contributed by atoms with van der Waals surface area (Å²) in [6.45, 7) is 6.64. The van der Waals surface area contributed by atoms with Crippen molar-refractivity contribution in [2.75, 3.05) is 17.4 Å². The molecule has 0 saturated carbocycles. The molecule has 0 fully saturated rings. The van der Waals surface area contributed by atoms with Gasteiger partial charge in [0.15, 0.2) is 0 Å². The Hall–Kier alpha value is -1.71. The minimum absolute atomic E-state index is 0.384. The summed E-state index contributed by atoms with van der Waals surface area (Å²) in [7, 11) is 0. The first-order chi connectivity index (χ1) is 13.5. The lowest BCUT2D eigenvalue weighted by molar-refractivity contribution is 1.28. The summed E-state index contributed by atoms with van der Waals surface area (Å²) in [5.74, 6) is 0.767. The Balaban J connectivity index is 1.91. The van der Waals surface area contributed by atoms with Gasteiger partial charge in [0.05, 0.1) is 0 Å². The van der Waals surface area contributed by atoms with Crippen LogP contribution < -0.4 is 26.8 Å². The molecule has 3 aromatic rings. The van der Waals surface area contributed by atoms with Crippen molar-refractivity contribution in [3.05, 3.63) is 65.2 Å². The zero-order valence-corrected chi connectivity index (χ0v) is 18.7. The van der Waals surface area contributed by atoms with Crippen LogP contribution >= 0.6 is 23.2 Å². The zero-order chi connectivity index (χ0) is 19.6. The Morgan fingerprint density at radius 3 is 1.46 bits per heavy atom. The van der Waals surface area contributed by atoms with E-state index in [9.17, 15) is 0 Å². The van der Waals surface area contributed by atoms with E-state index >= 15 is 0 Å². The number of benzene rings is 3. The molecule has 0 N–H and O–H groups in total. The molecule has 5 heteroatoms. The SMILES string of the molecule is CSB1c2cc(C)ccc2N2c3ccc(C)cc3B(SC)c3cc(C)cc1c32. The monoisotopic (exact) mass is 399 g/mol. The maximum atomic E-state index is 2.53. The molecule has 0 radical (unpaired) electrons. The fraction of sp³-hybridized carbons (Fsp3) is 0.217. The lowest BCUT2D eigenvalue weighted by Gasteiger charge is -2.43. The molecule has 0 atom stereocenters. The molecule has 2 aliphatic heterocycles. The molecular weight excluding hydrogens is 376 g/mol. The van der Waals surface area contributed by atoms with E-state index in [-0.39, 0.29) is 0 Å². The van der Waals surface area contributed by atoms with Gasteiger partial charge in [0.25, 0.3) is 12.0 Å². The lowest BCUT2D eigenvalue weighted by atomic mass is 9.51. The van der Waals surface area contributed by atoms with Crippen LogP contribution in [0.4, 0.5) is 17.1 Å². The number of fused-ring (bicyclic) bond motifs is 4. The van der Waals surface area contributed by atoms with Crippen molar-refractivity contribution in [1.82, 2.24) is 0 Å². The molecule has 2 heterocycles. The van der Waals surface area contributed by atoms with Crippen molar-refractivity contribution in [1.29, 1.82) is 0 Å². The zero-order valence-electron chi connectivity index (χ0n) is 17.0. The Labute approximate surface area is 177 Å². The van der Waals surface area contributed by atoms with Crippen LogP contribution in [0.5, 0.6) is 0 Å². The second kappa shape index (κ2) is 6.67. The molecule has 0 bridgehead atoms. The van der Waals surface area contributed by atoms with Crippen molar-refractivity contribution in [3.8, 4) is 0 Å². The van der Waals surface area contributed by atoms with E-state index in [2.05, 4.69) is 86.7 Å². The number of hydrogen-bond donors (Lipinski definition) is 0. The molecule has 2 aliphatic rings. The standard InChI is InChI=1S/C23H23B2NS2/c1-14-6-8-21-17(10-14)24(27-4)19-12-16(3)13-20-23(19)26(21)22-9-7-15(2)11-18(22)25(20)28-5/h6-13H,1-5H3. The van der Waals surface area contributed by atoms with E-state index in [0.717, 1.165) is 0 Å². The molecule has 28 heavy (non-hydrogen) atoms. The molecule has 5 rings (SSSR count). The second-order valence-electron chi connectivity index (χ2n) is 7.98. The number of aryl methyl sites for hydroxylation is 3.